The van der Waals surface area contributed by atoms with Gasteiger partial charge in [0, 0.05) is 16.7 Å². The van der Waals surface area contributed by atoms with E-state index in [-0.39, 0.29) is 5.82 Å². The van der Waals surface area contributed by atoms with Crippen molar-refractivity contribution in [2.24, 2.45) is 5.16 Å². The Morgan fingerprint density at radius 2 is 1.58 bits per heavy atom. The molecule has 0 aliphatic rings. The van der Waals surface area contributed by atoms with E-state index >= 15 is 0 Å². The maximum absolute atomic E-state index is 12.5. The van der Waals surface area contributed by atoms with Crippen LogP contribution in [0, 0.1) is 0 Å². The lowest BCUT2D eigenvalue weighted by Crippen LogP contribution is -2.05. The number of nitrogens with zero attached hydrogens (tertiary/aromatic N) is 3. The Morgan fingerprint density at radius 3 is 2.12 bits per heavy atom. The second kappa shape index (κ2) is 6.15. The Balaban J connectivity index is 1.89. The summed E-state index contributed by atoms with van der Waals surface area (Å²) in [6, 6.07) is 15.2. The van der Waals surface area contributed by atoms with E-state index < -0.39 is 12.1 Å². The van der Waals surface area contributed by atoms with Gasteiger partial charge in [0.2, 0.25) is 5.82 Å². The zero-order valence-electron chi connectivity index (χ0n) is 12.0. The Bertz CT molecular complexity index is 856. The lowest BCUT2D eigenvalue weighted by molar-refractivity contribution is -0.159. The van der Waals surface area contributed by atoms with Gasteiger partial charge in [0.15, 0.2) is 0 Å². The van der Waals surface area contributed by atoms with E-state index in [9.17, 15) is 18.4 Å². The Hall–Kier alpha value is -3.16. The molecule has 0 aliphatic heterocycles. The zero-order valence-corrected chi connectivity index (χ0v) is 12.0. The summed E-state index contributed by atoms with van der Waals surface area (Å²) in [7, 11) is 0. The van der Waals surface area contributed by atoms with E-state index in [2.05, 4.69) is 19.8 Å². The summed E-state index contributed by atoms with van der Waals surface area (Å²) in [5.74, 6) is -1.57. The molecule has 1 heterocycles. The molecule has 0 spiro atoms. The van der Waals surface area contributed by atoms with E-state index in [4.69, 9.17) is 0 Å². The van der Waals surface area contributed by atoms with Crippen LogP contribution in [-0.4, -0.2) is 21.1 Å². The molecule has 8 heteroatoms. The van der Waals surface area contributed by atoms with Gasteiger partial charge in [0.25, 0.3) is 0 Å². The molecule has 0 fully saturated rings. The molecular formula is C16H10F3N3O2. The molecule has 3 aromatic rings. The van der Waals surface area contributed by atoms with E-state index in [0.717, 1.165) is 0 Å². The van der Waals surface area contributed by atoms with Crippen LogP contribution in [0.25, 0.3) is 11.4 Å². The fourth-order valence-electron chi connectivity index (χ4n) is 2.11. The summed E-state index contributed by atoms with van der Waals surface area (Å²) in [6.07, 6.45) is -4.69. The Labute approximate surface area is 134 Å². The number of hydrogen-bond acceptors (Lipinski definition) is 5. The average molecular weight is 333 g/mol. The van der Waals surface area contributed by atoms with Gasteiger partial charge in [-0.05, 0) is 0 Å². The predicted molar refractivity (Wildman–Crippen MR) is 78.6 cm³/mol. The standard InChI is InChI=1S/C16H10F3N3O2/c17-16(18,19)15-20-14(22-24-15)12-8-6-11(7-9-12)13(21-23)10-4-2-1-3-5-10/h1-9,23H. The van der Waals surface area contributed by atoms with Crippen molar-refractivity contribution in [3.63, 3.8) is 0 Å². The van der Waals surface area contributed by atoms with Crippen molar-refractivity contribution < 1.29 is 22.9 Å². The van der Waals surface area contributed by atoms with Crippen LogP contribution in [0.1, 0.15) is 17.0 Å². The molecule has 1 aromatic heterocycles. The zero-order chi connectivity index (χ0) is 17.2. The summed E-state index contributed by atoms with van der Waals surface area (Å²) in [6.45, 7) is 0. The molecule has 1 N–H and O–H groups in total. The quantitative estimate of drug-likeness (QED) is 0.447. The minimum Gasteiger partial charge on any atom is -0.410 e. The number of oxime groups is 1. The molecule has 0 radical (unpaired) electrons. The van der Waals surface area contributed by atoms with Gasteiger partial charge in [-0.15, -0.1) is 0 Å². The van der Waals surface area contributed by atoms with Crippen LogP contribution < -0.4 is 0 Å². The summed E-state index contributed by atoms with van der Waals surface area (Å²) in [4.78, 5) is 3.32. The average Bonchev–Trinajstić information content (AvgIpc) is 3.08. The van der Waals surface area contributed by atoms with Gasteiger partial charge in [-0.1, -0.05) is 64.9 Å². The first-order chi connectivity index (χ1) is 11.5. The minimum atomic E-state index is -4.69. The summed E-state index contributed by atoms with van der Waals surface area (Å²) >= 11 is 0. The molecule has 0 atom stereocenters. The van der Waals surface area contributed by atoms with Crippen LogP contribution in [0.15, 0.2) is 64.3 Å². The molecule has 0 saturated carbocycles. The molecule has 0 unspecified atom stereocenters. The summed E-state index contributed by atoms with van der Waals surface area (Å²) in [5, 5.41) is 15.8. The fourth-order valence-corrected chi connectivity index (χ4v) is 2.11. The molecule has 2 aromatic carbocycles. The van der Waals surface area contributed by atoms with Crippen LogP contribution in [0.4, 0.5) is 13.2 Å². The van der Waals surface area contributed by atoms with Crippen molar-refractivity contribution >= 4 is 5.71 Å². The molecule has 0 amide bonds. The number of aromatic nitrogens is 2. The van der Waals surface area contributed by atoms with Crippen LogP contribution in [0.5, 0.6) is 0 Å². The first kappa shape index (κ1) is 15.7. The minimum absolute atomic E-state index is 0.170. The molecule has 0 aliphatic carbocycles. The van der Waals surface area contributed by atoms with Gasteiger partial charge in [-0.2, -0.15) is 18.2 Å². The molecule has 0 saturated heterocycles. The highest BCUT2D eigenvalue weighted by Gasteiger charge is 2.38. The molecule has 5 nitrogen and oxygen atoms in total. The molecule has 0 bridgehead atoms. The predicted octanol–water partition coefficient (Wildman–Crippen LogP) is 3.98. The highest BCUT2D eigenvalue weighted by atomic mass is 19.4. The van der Waals surface area contributed by atoms with Crippen molar-refractivity contribution in [1.29, 1.82) is 0 Å². The normalized spacial score (nSPS) is 12.4. The van der Waals surface area contributed by atoms with E-state index in [1.165, 1.54) is 12.1 Å². The number of alkyl halides is 3. The maximum Gasteiger partial charge on any atom is 0.471 e. The van der Waals surface area contributed by atoms with Crippen LogP contribution >= 0.6 is 0 Å². The Morgan fingerprint density at radius 1 is 0.958 bits per heavy atom. The first-order valence-electron chi connectivity index (χ1n) is 6.78. The number of rotatable bonds is 3. The lowest BCUT2D eigenvalue weighted by atomic mass is 10.0. The molecule has 3 rings (SSSR count). The highest BCUT2D eigenvalue weighted by Crippen LogP contribution is 2.29. The van der Waals surface area contributed by atoms with Gasteiger partial charge in [0.1, 0.15) is 5.71 Å². The number of halogens is 3. The van der Waals surface area contributed by atoms with Gasteiger partial charge in [-0.3, -0.25) is 0 Å². The lowest BCUT2D eigenvalue weighted by Gasteiger charge is -2.05. The van der Waals surface area contributed by atoms with Gasteiger partial charge >= 0.3 is 12.1 Å². The van der Waals surface area contributed by atoms with E-state index in [0.29, 0.717) is 22.4 Å². The van der Waals surface area contributed by atoms with Gasteiger partial charge in [-0.25, -0.2) is 0 Å². The fraction of sp³-hybridized carbons (Fsp3) is 0.0625. The van der Waals surface area contributed by atoms with Crippen LogP contribution in [0.2, 0.25) is 0 Å². The largest absolute Gasteiger partial charge is 0.471 e. The third-order valence-corrected chi connectivity index (χ3v) is 3.23. The van der Waals surface area contributed by atoms with Crippen molar-refractivity contribution in [3.05, 3.63) is 71.6 Å². The third-order valence-electron chi connectivity index (χ3n) is 3.23. The van der Waals surface area contributed by atoms with E-state index in [1.54, 1.807) is 36.4 Å². The van der Waals surface area contributed by atoms with Crippen LogP contribution in [-0.2, 0) is 6.18 Å². The molecule has 122 valence electrons. The first-order valence-corrected chi connectivity index (χ1v) is 6.78. The van der Waals surface area contributed by atoms with Crippen molar-refractivity contribution in [1.82, 2.24) is 10.1 Å². The molecule has 24 heavy (non-hydrogen) atoms. The van der Waals surface area contributed by atoms with Crippen LogP contribution in [0.3, 0.4) is 0 Å². The Kier molecular flexibility index (Phi) is 4.03. The summed E-state index contributed by atoms with van der Waals surface area (Å²) in [5.41, 5.74) is 1.98. The molecular weight excluding hydrogens is 323 g/mol. The monoisotopic (exact) mass is 333 g/mol. The van der Waals surface area contributed by atoms with Crippen molar-refractivity contribution in [2.45, 2.75) is 6.18 Å². The number of hydrogen-bond donors (Lipinski definition) is 1. The second-order valence-electron chi connectivity index (χ2n) is 4.81. The van der Waals surface area contributed by atoms with Crippen molar-refractivity contribution in [2.75, 3.05) is 0 Å². The van der Waals surface area contributed by atoms with Gasteiger partial charge in [0.05, 0.1) is 0 Å². The van der Waals surface area contributed by atoms with Gasteiger partial charge < -0.3 is 9.73 Å². The summed E-state index contributed by atoms with van der Waals surface area (Å²) < 4.78 is 41.6. The van der Waals surface area contributed by atoms with Crippen molar-refractivity contribution in [3.8, 4) is 11.4 Å². The topological polar surface area (TPSA) is 71.5 Å². The third kappa shape index (κ3) is 3.12. The number of benzene rings is 2. The highest BCUT2D eigenvalue weighted by molar-refractivity contribution is 6.12. The maximum atomic E-state index is 12.5. The van der Waals surface area contributed by atoms with E-state index in [1.807, 2.05) is 6.07 Å². The SMILES string of the molecule is ON=C(c1ccccc1)c1ccc(-c2noc(C(F)(F)F)n2)cc1. The second-order valence-corrected chi connectivity index (χ2v) is 4.81. The smallest absolute Gasteiger partial charge is 0.410 e.